The van der Waals surface area contributed by atoms with Gasteiger partial charge in [-0.1, -0.05) is 0 Å². The Labute approximate surface area is 108 Å². The first-order valence-corrected chi connectivity index (χ1v) is 5.78. The Bertz CT molecular complexity index is 583. The molecule has 0 bridgehead atoms. The van der Waals surface area contributed by atoms with Crippen molar-refractivity contribution in [2.45, 2.75) is 0 Å². The highest BCUT2D eigenvalue weighted by molar-refractivity contribution is 7.09. The lowest BCUT2D eigenvalue weighted by molar-refractivity contribution is 0.0607. The summed E-state index contributed by atoms with van der Waals surface area (Å²) in [5.74, 6) is -0.0308. The minimum atomic E-state index is -0.489. The van der Waals surface area contributed by atoms with Gasteiger partial charge in [0, 0.05) is 17.8 Å². The molecule has 94 valence electrons. The predicted octanol–water partition coefficient (Wildman–Crippen LogP) is 1.58. The maximum absolute atomic E-state index is 11.4. The van der Waals surface area contributed by atoms with Gasteiger partial charge in [-0.05, 0) is 17.6 Å². The van der Waals surface area contributed by atoms with E-state index in [9.17, 15) is 4.79 Å². The summed E-state index contributed by atoms with van der Waals surface area (Å²) in [5, 5.41) is 0. The molecular formula is C11H11N3O3S. The first-order valence-electron chi connectivity index (χ1n) is 5.01. The van der Waals surface area contributed by atoms with Gasteiger partial charge in [0.1, 0.15) is 5.69 Å². The number of rotatable bonds is 3. The van der Waals surface area contributed by atoms with Gasteiger partial charge < -0.3 is 15.2 Å². The molecule has 2 aromatic rings. The van der Waals surface area contributed by atoms with Crippen molar-refractivity contribution in [3.05, 3.63) is 23.2 Å². The van der Waals surface area contributed by atoms with E-state index in [0.29, 0.717) is 22.1 Å². The third kappa shape index (κ3) is 2.12. The number of anilines is 1. The number of carbonyl (C=O) groups is 1. The fourth-order valence-corrected chi connectivity index (χ4v) is 2.15. The van der Waals surface area contributed by atoms with Crippen LogP contribution in [0, 0.1) is 0 Å². The van der Waals surface area contributed by atoms with Crippen LogP contribution < -0.4 is 10.5 Å². The molecule has 0 unspecified atom stereocenters. The summed E-state index contributed by atoms with van der Waals surface area (Å²) in [7, 11) is 2.83. The minimum absolute atomic E-state index is 0.295. The molecule has 0 atom stereocenters. The van der Waals surface area contributed by atoms with E-state index in [4.69, 9.17) is 10.5 Å². The van der Waals surface area contributed by atoms with Crippen LogP contribution in [0.25, 0.3) is 11.3 Å². The molecule has 7 heteroatoms. The van der Waals surface area contributed by atoms with Crippen molar-refractivity contribution >= 4 is 23.2 Å². The monoisotopic (exact) mass is 265 g/mol. The molecule has 2 N–H and O–H groups in total. The minimum Gasteiger partial charge on any atom is -0.481 e. The number of methoxy groups -OCH3 is 2. The zero-order chi connectivity index (χ0) is 13.1. The average molecular weight is 265 g/mol. The van der Waals surface area contributed by atoms with Crippen molar-refractivity contribution in [2.75, 3.05) is 20.0 Å². The summed E-state index contributed by atoms with van der Waals surface area (Å²) < 4.78 is 13.8. The van der Waals surface area contributed by atoms with Crippen LogP contribution in [0.4, 0.5) is 5.69 Å². The molecule has 0 saturated heterocycles. The number of nitrogen functional groups attached to an aromatic ring is 1. The number of carbonyl (C=O) groups excluding carboxylic acids is 1. The molecular weight excluding hydrogens is 254 g/mol. The summed E-state index contributed by atoms with van der Waals surface area (Å²) >= 11 is 1.01. The largest absolute Gasteiger partial charge is 0.481 e. The van der Waals surface area contributed by atoms with E-state index in [2.05, 4.69) is 14.1 Å². The first-order chi connectivity index (χ1) is 8.67. The lowest BCUT2D eigenvalue weighted by atomic mass is 10.1. The van der Waals surface area contributed by atoms with Crippen LogP contribution in [-0.2, 0) is 4.74 Å². The van der Waals surface area contributed by atoms with Crippen LogP contribution in [0.15, 0.2) is 18.3 Å². The smallest absolute Gasteiger partial charge is 0.351 e. The second-order valence-corrected chi connectivity index (χ2v) is 4.13. The molecule has 0 aliphatic heterocycles. The van der Waals surface area contributed by atoms with Crippen molar-refractivity contribution in [1.29, 1.82) is 0 Å². The average Bonchev–Trinajstić information content (AvgIpc) is 2.80. The number of pyridine rings is 1. The number of nitrogens with two attached hydrogens (primary N) is 1. The molecule has 0 spiro atoms. The van der Waals surface area contributed by atoms with Crippen LogP contribution >= 0.6 is 11.5 Å². The fourth-order valence-electron chi connectivity index (χ4n) is 1.41. The maximum atomic E-state index is 11.4. The normalized spacial score (nSPS) is 10.1. The van der Waals surface area contributed by atoms with Gasteiger partial charge >= 0.3 is 5.97 Å². The van der Waals surface area contributed by atoms with Crippen LogP contribution in [-0.4, -0.2) is 29.5 Å². The summed E-state index contributed by atoms with van der Waals surface area (Å²) in [6, 6.07) is 3.45. The number of aromatic nitrogens is 2. The Kier molecular flexibility index (Phi) is 3.42. The van der Waals surface area contributed by atoms with Crippen LogP contribution in [0.1, 0.15) is 9.67 Å². The van der Waals surface area contributed by atoms with Crippen LogP contribution in [0.5, 0.6) is 5.88 Å². The third-order valence-corrected chi connectivity index (χ3v) is 3.16. The topological polar surface area (TPSA) is 87.3 Å². The van der Waals surface area contributed by atoms with Crippen molar-refractivity contribution in [3.63, 3.8) is 0 Å². The summed E-state index contributed by atoms with van der Waals surface area (Å²) in [5.41, 5.74) is 7.47. The fraction of sp³-hybridized carbons (Fsp3) is 0.182. The number of ether oxygens (including phenoxy) is 2. The van der Waals surface area contributed by atoms with Crippen molar-refractivity contribution < 1.29 is 14.3 Å². The van der Waals surface area contributed by atoms with Gasteiger partial charge in [-0.2, -0.15) is 4.37 Å². The van der Waals surface area contributed by atoms with Gasteiger partial charge in [-0.25, -0.2) is 9.78 Å². The van der Waals surface area contributed by atoms with Crippen LogP contribution in [0.2, 0.25) is 0 Å². The molecule has 0 amide bonds. The van der Waals surface area contributed by atoms with Crippen molar-refractivity contribution in [2.24, 2.45) is 0 Å². The Morgan fingerprint density at radius 2 is 2.22 bits per heavy atom. The maximum Gasteiger partial charge on any atom is 0.351 e. The zero-order valence-electron chi connectivity index (χ0n) is 9.84. The Morgan fingerprint density at radius 1 is 1.44 bits per heavy atom. The summed E-state index contributed by atoms with van der Waals surface area (Å²) in [6.45, 7) is 0. The Balaban J connectivity index is 2.45. The highest BCUT2D eigenvalue weighted by Crippen LogP contribution is 2.32. The lowest BCUT2D eigenvalue weighted by Crippen LogP contribution is -2.02. The number of esters is 1. The Morgan fingerprint density at radius 3 is 2.89 bits per heavy atom. The second kappa shape index (κ2) is 5.01. The highest BCUT2D eigenvalue weighted by atomic mass is 32.1. The molecule has 6 nitrogen and oxygen atoms in total. The van der Waals surface area contributed by atoms with Crippen molar-refractivity contribution in [3.8, 4) is 17.1 Å². The standard InChI is InChI=1S/C11H11N3O3S/c1-16-7-5-6(3-4-13-7)9-8(12)10(18-14-9)11(15)17-2/h3-5H,12H2,1-2H3. The molecule has 0 aliphatic carbocycles. The molecule has 0 aromatic carbocycles. The number of hydrogen-bond donors (Lipinski definition) is 1. The molecule has 0 saturated carbocycles. The number of nitrogens with zero attached hydrogens (tertiary/aromatic N) is 2. The van der Waals surface area contributed by atoms with E-state index in [1.807, 2.05) is 0 Å². The Hall–Kier alpha value is -2.15. The van der Waals surface area contributed by atoms with Gasteiger partial charge in [0.25, 0.3) is 0 Å². The van der Waals surface area contributed by atoms with E-state index in [1.54, 1.807) is 18.3 Å². The highest BCUT2D eigenvalue weighted by Gasteiger charge is 2.19. The first kappa shape index (κ1) is 12.3. The second-order valence-electron chi connectivity index (χ2n) is 3.35. The van der Waals surface area contributed by atoms with Crippen LogP contribution in [0.3, 0.4) is 0 Å². The van der Waals surface area contributed by atoms with E-state index >= 15 is 0 Å². The predicted molar refractivity (Wildman–Crippen MR) is 67.6 cm³/mol. The zero-order valence-corrected chi connectivity index (χ0v) is 10.7. The van der Waals surface area contributed by atoms with Gasteiger partial charge in [0.15, 0.2) is 4.88 Å². The van der Waals surface area contributed by atoms with E-state index < -0.39 is 5.97 Å². The molecule has 2 rings (SSSR count). The van der Waals surface area contributed by atoms with E-state index in [0.717, 1.165) is 17.1 Å². The van der Waals surface area contributed by atoms with Gasteiger partial charge in [-0.3, -0.25) is 0 Å². The summed E-state index contributed by atoms with van der Waals surface area (Å²) in [6.07, 6.45) is 1.59. The summed E-state index contributed by atoms with van der Waals surface area (Å²) in [4.78, 5) is 15.7. The third-order valence-electron chi connectivity index (χ3n) is 2.32. The van der Waals surface area contributed by atoms with Gasteiger partial charge in [0.05, 0.1) is 19.9 Å². The molecule has 18 heavy (non-hydrogen) atoms. The van der Waals surface area contributed by atoms with E-state index in [-0.39, 0.29) is 0 Å². The molecule has 0 fully saturated rings. The van der Waals surface area contributed by atoms with E-state index in [1.165, 1.54) is 14.2 Å². The quantitative estimate of drug-likeness (QED) is 0.848. The van der Waals surface area contributed by atoms with Crippen molar-refractivity contribution in [1.82, 2.24) is 9.36 Å². The molecule has 2 heterocycles. The number of hydrogen-bond acceptors (Lipinski definition) is 7. The SMILES string of the molecule is COC(=O)c1snc(-c2ccnc(OC)c2)c1N. The van der Waals surface area contributed by atoms with Gasteiger partial charge in [0.2, 0.25) is 5.88 Å². The van der Waals surface area contributed by atoms with Gasteiger partial charge in [-0.15, -0.1) is 0 Å². The molecule has 2 aromatic heterocycles. The molecule has 0 aliphatic rings. The molecule has 0 radical (unpaired) electrons. The lowest BCUT2D eigenvalue weighted by Gasteiger charge is -2.02.